The number of carbonyl (C=O) groups is 1. The fraction of sp³-hybridized carbons (Fsp3) is 0.324. The first-order chi connectivity index (χ1) is 21.2. The van der Waals surface area contributed by atoms with Gasteiger partial charge in [-0.25, -0.2) is 14.1 Å². The average molecular weight is 610 g/mol. The molecule has 1 amide bonds. The van der Waals surface area contributed by atoms with Crippen molar-refractivity contribution >= 4 is 23.7 Å². The summed E-state index contributed by atoms with van der Waals surface area (Å²) in [6, 6.07) is 18.3. The Morgan fingerprint density at radius 3 is 2.41 bits per heavy atom. The molecule has 5 heterocycles. The minimum atomic E-state index is -0.824. The van der Waals surface area contributed by atoms with Crippen LogP contribution in [0, 0.1) is 0 Å². The van der Waals surface area contributed by atoms with E-state index in [1.165, 1.54) is 22.3 Å². The van der Waals surface area contributed by atoms with Gasteiger partial charge in [-0.3, -0.25) is 4.98 Å². The molecule has 1 atom stereocenters. The van der Waals surface area contributed by atoms with Crippen LogP contribution < -0.4 is 4.90 Å². The van der Waals surface area contributed by atoms with Gasteiger partial charge >= 0.3 is 6.09 Å². The summed E-state index contributed by atoms with van der Waals surface area (Å²) in [6.07, 6.45) is 4.04. The van der Waals surface area contributed by atoms with E-state index in [9.17, 15) is 9.90 Å². The normalized spacial score (nSPS) is 17.3. The molecule has 0 radical (unpaired) electrons. The Balaban J connectivity index is 0.971. The van der Waals surface area contributed by atoms with Gasteiger partial charge in [0.1, 0.15) is 18.0 Å². The fourth-order valence-electron chi connectivity index (χ4n) is 5.94. The fourth-order valence-corrected chi connectivity index (χ4v) is 6.90. The molecule has 0 fully saturated rings. The third-order valence-corrected chi connectivity index (χ3v) is 9.07. The quantitative estimate of drug-likeness (QED) is 0.202. The van der Waals surface area contributed by atoms with Crippen molar-refractivity contribution in [3.05, 3.63) is 107 Å². The number of benzene rings is 2. The monoisotopic (exact) mass is 609 g/mol. The standard InChI is InChI=1S/C34H35N5O4S/c1-34(2,3)43-33(41)38-18-26-16-37(17-27(26)19-38)28-6-4-5-23(13-28)31(40)30-14-24-20-39(21-25(24)15-36-30)44-29-9-7-22(8-10-29)32-35-11-12-42-32/h4-15,31,40H,16-21H2,1-3H3. The summed E-state index contributed by atoms with van der Waals surface area (Å²) in [4.78, 5) is 26.6. The average Bonchev–Trinajstić information content (AvgIpc) is 3.80. The topological polar surface area (TPSA) is 95.2 Å². The summed E-state index contributed by atoms with van der Waals surface area (Å²) >= 11 is 1.71. The lowest BCUT2D eigenvalue weighted by molar-refractivity contribution is 0.0297. The molecular weight excluding hydrogens is 574 g/mol. The summed E-state index contributed by atoms with van der Waals surface area (Å²) in [5.41, 5.74) is 7.87. The zero-order valence-electron chi connectivity index (χ0n) is 25.1. The predicted octanol–water partition coefficient (Wildman–Crippen LogP) is 6.21. The number of hydrogen-bond acceptors (Lipinski definition) is 9. The number of ether oxygens (including phenoxy) is 1. The number of oxazole rings is 1. The van der Waals surface area contributed by atoms with Crippen molar-refractivity contribution in [2.75, 3.05) is 31.1 Å². The number of pyridine rings is 1. The second-order valence-electron chi connectivity index (χ2n) is 12.5. The first kappa shape index (κ1) is 28.6. The van der Waals surface area contributed by atoms with E-state index >= 15 is 0 Å². The number of aliphatic hydroxyl groups is 1. The molecule has 44 heavy (non-hydrogen) atoms. The first-order valence-corrected chi connectivity index (χ1v) is 15.6. The highest BCUT2D eigenvalue weighted by atomic mass is 32.2. The SMILES string of the molecule is CC(C)(C)OC(=O)N1CC2=C(C1)CN(c1cccc(C(O)c3cc4c(cn3)CN(Sc3ccc(-c5ncco5)cc3)C4)c1)C2. The van der Waals surface area contributed by atoms with Crippen molar-refractivity contribution in [2.24, 2.45) is 0 Å². The van der Waals surface area contributed by atoms with Gasteiger partial charge in [0, 0.05) is 61.6 Å². The molecule has 10 heteroatoms. The van der Waals surface area contributed by atoms with E-state index in [-0.39, 0.29) is 6.09 Å². The number of rotatable bonds is 6. The molecule has 9 nitrogen and oxygen atoms in total. The summed E-state index contributed by atoms with van der Waals surface area (Å²) in [5.74, 6) is 0.616. The van der Waals surface area contributed by atoms with Gasteiger partial charge < -0.3 is 24.1 Å². The maximum absolute atomic E-state index is 12.5. The van der Waals surface area contributed by atoms with Crippen LogP contribution in [0.4, 0.5) is 10.5 Å². The summed E-state index contributed by atoms with van der Waals surface area (Å²) in [6.45, 7) is 9.97. The molecule has 226 valence electrons. The molecule has 0 aliphatic carbocycles. The molecule has 2 aromatic heterocycles. The van der Waals surface area contributed by atoms with Gasteiger partial charge in [-0.15, -0.1) is 0 Å². The van der Waals surface area contributed by atoms with E-state index < -0.39 is 11.7 Å². The largest absolute Gasteiger partial charge is 0.445 e. The minimum absolute atomic E-state index is 0.260. The number of hydrogen-bond donors (Lipinski definition) is 1. The van der Waals surface area contributed by atoms with Crippen LogP contribution in [0.1, 0.15) is 49.3 Å². The van der Waals surface area contributed by atoms with Crippen molar-refractivity contribution in [2.45, 2.75) is 50.5 Å². The molecule has 7 rings (SSSR count). The Morgan fingerprint density at radius 2 is 1.70 bits per heavy atom. The van der Waals surface area contributed by atoms with Gasteiger partial charge in [0.15, 0.2) is 0 Å². The molecule has 1 unspecified atom stereocenters. The molecule has 2 aromatic carbocycles. The maximum atomic E-state index is 12.5. The lowest BCUT2D eigenvalue weighted by Gasteiger charge is -2.27. The van der Waals surface area contributed by atoms with Crippen molar-refractivity contribution < 1.29 is 19.1 Å². The van der Waals surface area contributed by atoms with Gasteiger partial charge in [-0.05, 0) is 103 Å². The number of aliphatic hydroxyl groups excluding tert-OH is 1. The Morgan fingerprint density at radius 1 is 0.955 bits per heavy atom. The number of amides is 1. The van der Waals surface area contributed by atoms with Crippen LogP contribution in [0.2, 0.25) is 0 Å². The van der Waals surface area contributed by atoms with E-state index in [4.69, 9.17) is 9.15 Å². The molecule has 0 spiro atoms. The van der Waals surface area contributed by atoms with Gasteiger partial charge in [0.2, 0.25) is 5.89 Å². The summed E-state index contributed by atoms with van der Waals surface area (Å²) in [7, 11) is 0. The zero-order chi connectivity index (χ0) is 30.4. The Bertz CT molecular complexity index is 1700. The van der Waals surface area contributed by atoms with E-state index in [2.05, 4.69) is 43.4 Å². The molecule has 0 bridgehead atoms. The molecule has 0 saturated heterocycles. The third kappa shape index (κ3) is 5.97. The second-order valence-corrected chi connectivity index (χ2v) is 13.7. The minimum Gasteiger partial charge on any atom is -0.445 e. The highest BCUT2D eigenvalue weighted by molar-refractivity contribution is 7.97. The molecule has 3 aliphatic rings. The second kappa shape index (κ2) is 11.4. The van der Waals surface area contributed by atoms with Crippen molar-refractivity contribution in [3.63, 3.8) is 0 Å². The van der Waals surface area contributed by atoms with Gasteiger partial charge in [0.25, 0.3) is 0 Å². The zero-order valence-corrected chi connectivity index (χ0v) is 25.9. The molecule has 1 N–H and O–H groups in total. The van der Waals surface area contributed by atoms with Crippen LogP contribution in [0.5, 0.6) is 0 Å². The number of aromatic nitrogens is 2. The van der Waals surface area contributed by atoms with E-state index in [0.717, 1.165) is 47.9 Å². The van der Waals surface area contributed by atoms with Gasteiger partial charge in [-0.2, -0.15) is 0 Å². The van der Waals surface area contributed by atoms with E-state index in [1.807, 2.05) is 57.3 Å². The predicted molar refractivity (Wildman–Crippen MR) is 169 cm³/mol. The highest BCUT2D eigenvalue weighted by Gasteiger charge is 2.34. The third-order valence-electron chi connectivity index (χ3n) is 8.08. The number of anilines is 1. The lowest BCUT2D eigenvalue weighted by atomic mass is 10.0. The maximum Gasteiger partial charge on any atom is 0.410 e. The number of nitrogens with zero attached hydrogens (tertiary/aromatic N) is 5. The smallest absolute Gasteiger partial charge is 0.410 e. The van der Waals surface area contributed by atoms with Crippen LogP contribution in [-0.4, -0.2) is 62.2 Å². The van der Waals surface area contributed by atoms with Crippen molar-refractivity contribution in [1.82, 2.24) is 19.2 Å². The van der Waals surface area contributed by atoms with Crippen LogP contribution >= 0.6 is 11.9 Å². The summed E-state index contributed by atoms with van der Waals surface area (Å²) < 4.78 is 13.3. The molecule has 0 saturated carbocycles. The van der Waals surface area contributed by atoms with Gasteiger partial charge in [0.05, 0.1) is 11.9 Å². The van der Waals surface area contributed by atoms with E-state index in [0.29, 0.717) is 24.7 Å². The Hall–Kier alpha value is -4.12. The van der Waals surface area contributed by atoms with Crippen molar-refractivity contribution in [3.8, 4) is 11.5 Å². The highest BCUT2D eigenvalue weighted by Crippen LogP contribution is 2.36. The van der Waals surface area contributed by atoms with Crippen LogP contribution in [0.3, 0.4) is 0 Å². The van der Waals surface area contributed by atoms with E-state index in [1.54, 1.807) is 29.3 Å². The van der Waals surface area contributed by atoms with Crippen molar-refractivity contribution in [1.29, 1.82) is 0 Å². The van der Waals surface area contributed by atoms with Crippen LogP contribution in [0.25, 0.3) is 11.5 Å². The Kier molecular flexibility index (Phi) is 7.44. The molecular formula is C34H35N5O4S. The Labute approximate surface area is 261 Å². The van der Waals surface area contributed by atoms with Crippen LogP contribution in [0.15, 0.2) is 93.7 Å². The number of fused-ring (bicyclic) bond motifs is 1. The summed E-state index contributed by atoms with van der Waals surface area (Å²) in [5, 5.41) is 11.4. The molecule has 3 aliphatic heterocycles. The van der Waals surface area contributed by atoms with Gasteiger partial charge in [-0.1, -0.05) is 12.1 Å². The molecule has 4 aromatic rings. The lowest BCUT2D eigenvalue weighted by Crippen LogP contribution is -2.38. The first-order valence-electron chi connectivity index (χ1n) is 14.8. The van der Waals surface area contributed by atoms with Crippen LogP contribution in [-0.2, 0) is 17.8 Å². The number of carbonyl (C=O) groups excluding carboxylic acids is 1.